The van der Waals surface area contributed by atoms with Crippen molar-refractivity contribution in [1.29, 1.82) is 0 Å². The first kappa shape index (κ1) is 9.39. The largest absolute Gasteiger partial charge is 0.476 e. The van der Waals surface area contributed by atoms with Crippen molar-refractivity contribution in [1.82, 2.24) is 14.8 Å². The highest BCUT2D eigenvalue weighted by Gasteiger charge is 2.08. The van der Waals surface area contributed by atoms with E-state index in [1.54, 1.807) is 18.5 Å². The monoisotopic (exact) mass is 203 g/mol. The highest BCUT2D eigenvalue weighted by molar-refractivity contribution is 5.85. The van der Waals surface area contributed by atoms with Crippen LogP contribution in [0, 0.1) is 6.92 Å². The molecule has 2 heterocycles. The fourth-order valence-electron chi connectivity index (χ4n) is 1.29. The van der Waals surface area contributed by atoms with Gasteiger partial charge in [-0.25, -0.2) is 9.48 Å². The minimum atomic E-state index is -1.03. The van der Waals surface area contributed by atoms with Gasteiger partial charge in [0.05, 0.1) is 11.4 Å². The molecule has 0 aliphatic carbocycles. The second-order valence-corrected chi connectivity index (χ2v) is 3.06. The quantitative estimate of drug-likeness (QED) is 0.798. The number of carboxylic acids is 1. The molecule has 5 nitrogen and oxygen atoms in total. The van der Waals surface area contributed by atoms with Crippen molar-refractivity contribution in [3.05, 3.63) is 42.0 Å². The van der Waals surface area contributed by atoms with E-state index in [-0.39, 0.29) is 5.69 Å². The number of nitrogens with zero attached hydrogens (tertiary/aromatic N) is 3. The van der Waals surface area contributed by atoms with Gasteiger partial charge in [-0.15, -0.1) is 0 Å². The Kier molecular flexibility index (Phi) is 2.21. The van der Waals surface area contributed by atoms with Crippen LogP contribution in [-0.2, 0) is 0 Å². The maximum Gasteiger partial charge on any atom is 0.356 e. The van der Waals surface area contributed by atoms with Crippen molar-refractivity contribution >= 4 is 5.97 Å². The smallest absolute Gasteiger partial charge is 0.356 e. The lowest BCUT2D eigenvalue weighted by Crippen LogP contribution is -2.02. The Morgan fingerprint density at radius 1 is 1.47 bits per heavy atom. The summed E-state index contributed by atoms with van der Waals surface area (Å²) in [6.45, 7) is 1.84. The summed E-state index contributed by atoms with van der Waals surface area (Å²) in [5.74, 6) is -1.03. The topological polar surface area (TPSA) is 68.0 Å². The zero-order valence-corrected chi connectivity index (χ0v) is 8.08. The van der Waals surface area contributed by atoms with Crippen molar-refractivity contribution in [3.8, 4) is 5.69 Å². The van der Waals surface area contributed by atoms with Crippen molar-refractivity contribution in [2.75, 3.05) is 0 Å². The van der Waals surface area contributed by atoms with Crippen LogP contribution >= 0.6 is 0 Å². The predicted molar refractivity (Wildman–Crippen MR) is 53.1 cm³/mol. The molecule has 2 aromatic rings. The molecule has 0 saturated heterocycles. The van der Waals surface area contributed by atoms with Crippen molar-refractivity contribution < 1.29 is 9.90 Å². The normalized spacial score (nSPS) is 10.2. The highest BCUT2D eigenvalue weighted by Crippen LogP contribution is 2.10. The van der Waals surface area contributed by atoms with Crippen LogP contribution in [0.1, 0.15) is 16.2 Å². The van der Waals surface area contributed by atoms with Crippen LogP contribution < -0.4 is 0 Å². The van der Waals surface area contributed by atoms with Gasteiger partial charge in [0.1, 0.15) is 0 Å². The average Bonchev–Trinajstić information content (AvgIpc) is 2.67. The van der Waals surface area contributed by atoms with E-state index < -0.39 is 5.97 Å². The summed E-state index contributed by atoms with van der Waals surface area (Å²) in [5.41, 5.74) is 1.61. The summed E-state index contributed by atoms with van der Waals surface area (Å²) in [6, 6.07) is 5.07. The fourth-order valence-corrected chi connectivity index (χ4v) is 1.29. The first-order chi connectivity index (χ1) is 7.18. The van der Waals surface area contributed by atoms with Crippen LogP contribution in [0.3, 0.4) is 0 Å². The molecule has 0 amide bonds. The van der Waals surface area contributed by atoms with Crippen LogP contribution in [0.4, 0.5) is 0 Å². The Morgan fingerprint density at radius 3 is 2.87 bits per heavy atom. The maximum atomic E-state index is 10.6. The van der Waals surface area contributed by atoms with E-state index >= 15 is 0 Å². The highest BCUT2D eigenvalue weighted by atomic mass is 16.4. The number of hydrogen-bond donors (Lipinski definition) is 1. The Hall–Kier alpha value is -2.17. The molecule has 0 saturated carbocycles. The molecule has 0 bridgehead atoms. The van der Waals surface area contributed by atoms with E-state index in [9.17, 15) is 4.79 Å². The van der Waals surface area contributed by atoms with E-state index in [2.05, 4.69) is 10.1 Å². The van der Waals surface area contributed by atoms with Crippen LogP contribution in [0.15, 0.2) is 30.6 Å². The zero-order valence-electron chi connectivity index (χ0n) is 8.08. The molecule has 5 heteroatoms. The molecule has 2 rings (SSSR count). The van der Waals surface area contributed by atoms with Crippen LogP contribution in [0.25, 0.3) is 5.69 Å². The van der Waals surface area contributed by atoms with Gasteiger partial charge in [-0.3, -0.25) is 4.98 Å². The average molecular weight is 203 g/mol. The van der Waals surface area contributed by atoms with Gasteiger partial charge in [0.15, 0.2) is 5.69 Å². The van der Waals surface area contributed by atoms with E-state index in [1.165, 1.54) is 10.7 Å². The molecule has 15 heavy (non-hydrogen) atoms. The second kappa shape index (κ2) is 3.53. The number of aromatic carboxylic acids is 1. The molecule has 2 aromatic heterocycles. The molecule has 0 aromatic carbocycles. The number of carbonyl (C=O) groups is 1. The van der Waals surface area contributed by atoms with Gasteiger partial charge in [0, 0.05) is 12.4 Å². The van der Waals surface area contributed by atoms with E-state index in [4.69, 9.17) is 5.11 Å². The molecule has 0 aliphatic heterocycles. The number of carboxylic acid groups (broad SMARTS) is 1. The van der Waals surface area contributed by atoms with Crippen molar-refractivity contribution in [2.45, 2.75) is 6.92 Å². The summed E-state index contributed by atoms with van der Waals surface area (Å²) in [5, 5.41) is 12.6. The second-order valence-electron chi connectivity index (χ2n) is 3.06. The van der Waals surface area contributed by atoms with E-state index in [1.807, 2.05) is 13.0 Å². The number of aromatic nitrogens is 3. The van der Waals surface area contributed by atoms with Crippen molar-refractivity contribution in [3.63, 3.8) is 0 Å². The zero-order chi connectivity index (χ0) is 10.8. The van der Waals surface area contributed by atoms with Gasteiger partial charge in [0.25, 0.3) is 0 Å². The van der Waals surface area contributed by atoms with Crippen LogP contribution in [0.2, 0.25) is 0 Å². The van der Waals surface area contributed by atoms with E-state index in [0.29, 0.717) is 0 Å². The lowest BCUT2D eigenvalue weighted by atomic mass is 10.3. The Balaban J connectivity index is 2.46. The third kappa shape index (κ3) is 1.71. The molecule has 1 N–H and O–H groups in total. The molecule has 0 fully saturated rings. The van der Waals surface area contributed by atoms with Crippen LogP contribution in [-0.4, -0.2) is 25.8 Å². The Bertz CT molecular complexity index is 505. The van der Waals surface area contributed by atoms with Crippen LogP contribution in [0.5, 0.6) is 0 Å². The summed E-state index contributed by atoms with van der Waals surface area (Å²) in [4.78, 5) is 14.7. The minimum Gasteiger partial charge on any atom is -0.476 e. The third-order valence-electron chi connectivity index (χ3n) is 2.03. The van der Waals surface area contributed by atoms with Gasteiger partial charge in [-0.1, -0.05) is 0 Å². The first-order valence-corrected chi connectivity index (χ1v) is 4.39. The Labute approximate surface area is 86.0 Å². The summed E-state index contributed by atoms with van der Waals surface area (Å²) >= 11 is 0. The fraction of sp³-hybridized carbons (Fsp3) is 0.100. The number of aryl methyl sites for hydroxylation is 1. The summed E-state index contributed by atoms with van der Waals surface area (Å²) in [7, 11) is 0. The summed E-state index contributed by atoms with van der Waals surface area (Å²) in [6.07, 6.45) is 3.29. The summed E-state index contributed by atoms with van der Waals surface area (Å²) < 4.78 is 1.51. The number of rotatable bonds is 2. The Morgan fingerprint density at radius 2 is 2.27 bits per heavy atom. The third-order valence-corrected chi connectivity index (χ3v) is 2.03. The molecular weight excluding hydrogens is 194 g/mol. The predicted octanol–water partition coefficient (Wildman–Crippen LogP) is 1.27. The van der Waals surface area contributed by atoms with Gasteiger partial charge >= 0.3 is 5.97 Å². The van der Waals surface area contributed by atoms with Gasteiger partial charge in [0.2, 0.25) is 0 Å². The molecule has 0 spiro atoms. The molecule has 0 unspecified atom stereocenters. The molecule has 0 aliphatic rings. The van der Waals surface area contributed by atoms with Gasteiger partial charge < -0.3 is 5.11 Å². The number of pyridine rings is 1. The SMILES string of the molecule is Cc1ncccc1-n1ccc(C(=O)O)n1. The van der Waals surface area contributed by atoms with Gasteiger partial charge in [-0.05, 0) is 25.1 Å². The number of hydrogen-bond acceptors (Lipinski definition) is 3. The maximum absolute atomic E-state index is 10.6. The standard InChI is InChI=1S/C10H9N3O2/c1-7-9(3-2-5-11-7)13-6-4-8(12-13)10(14)15/h2-6H,1H3,(H,14,15). The lowest BCUT2D eigenvalue weighted by Gasteiger charge is -2.03. The van der Waals surface area contributed by atoms with E-state index in [0.717, 1.165) is 11.4 Å². The molecule has 76 valence electrons. The lowest BCUT2D eigenvalue weighted by molar-refractivity contribution is 0.0690. The van der Waals surface area contributed by atoms with Gasteiger partial charge in [-0.2, -0.15) is 5.10 Å². The molecular formula is C10H9N3O2. The minimum absolute atomic E-state index is 0.0262. The molecule has 0 radical (unpaired) electrons. The molecule has 0 atom stereocenters. The first-order valence-electron chi connectivity index (χ1n) is 4.39. The van der Waals surface area contributed by atoms with Crippen molar-refractivity contribution in [2.24, 2.45) is 0 Å².